The second kappa shape index (κ2) is 8.92. The predicted octanol–water partition coefficient (Wildman–Crippen LogP) is 4.15. The summed E-state index contributed by atoms with van der Waals surface area (Å²) in [4.78, 5) is 30.2. The molecule has 0 spiro atoms. The fourth-order valence-corrected chi connectivity index (χ4v) is 4.13. The Morgan fingerprint density at radius 3 is 2.84 bits per heavy atom. The van der Waals surface area contributed by atoms with Crippen LogP contribution in [-0.4, -0.2) is 38.7 Å². The topological polar surface area (TPSA) is 103 Å². The van der Waals surface area contributed by atoms with Crippen molar-refractivity contribution in [2.24, 2.45) is 0 Å². The van der Waals surface area contributed by atoms with Crippen molar-refractivity contribution in [3.63, 3.8) is 0 Å². The summed E-state index contributed by atoms with van der Waals surface area (Å²) >= 11 is 1.37. The van der Waals surface area contributed by atoms with Crippen LogP contribution in [0.1, 0.15) is 17.3 Å². The van der Waals surface area contributed by atoms with Crippen LogP contribution in [0.3, 0.4) is 0 Å². The van der Waals surface area contributed by atoms with Gasteiger partial charge >= 0.3 is 0 Å². The van der Waals surface area contributed by atoms with Gasteiger partial charge in [-0.25, -0.2) is 4.98 Å². The molecule has 10 heteroatoms. The van der Waals surface area contributed by atoms with E-state index in [1.165, 1.54) is 34.4 Å². The van der Waals surface area contributed by atoms with Crippen LogP contribution in [0.2, 0.25) is 0 Å². The van der Waals surface area contributed by atoms with Gasteiger partial charge in [0.05, 0.1) is 22.8 Å². The first-order valence-electron chi connectivity index (χ1n) is 9.63. The van der Waals surface area contributed by atoms with Crippen LogP contribution in [0.4, 0.5) is 10.8 Å². The minimum absolute atomic E-state index is 0.138. The number of hydrogen-bond acceptors (Lipinski definition) is 7. The Kier molecular flexibility index (Phi) is 5.89. The quantitative estimate of drug-likeness (QED) is 0.303. The van der Waals surface area contributed by atoms with Crippen LogP contribution < -0.4 is 9.64 Å². The highest BCUT2D eigenvalue weighted by Gasteiger charge is 2.23. The van der Waals surface area contributed by atoms with Crippen LogP contribution >= 0.6 is 11.3 Å². The van der Waals surface area contributed by atoms with Gasteiger partial charge in [-0.3, -0.25) is 24.5 Å². The molecular formula is C21H19N5O4S. The van der Waals surface area contributed by atoms with Crippen molar-refractivity contribution in [2.75, 3.05) is 18.1 Å². The van der Waals surface area contributed by atoms with E-state index >= 15 is 0 Å². The number of rotatable bonds is 8. The number of nitro groups is 1. The van der Waals surface area contributed by atoms with Gasteiger partial charge in [-0.2, -0.15) is 5.10 Å². The van der Waals surface area contributed by atoms with Crippen molar-refractivity contribution in [3.8, 4) is 5.75 Å². The van der Waals surface area contributed by atoms with Gasteiger partial charge in [0.1, 0.15) is 11.3 Å². The number of nitrogens with zero attached hydrogens (tertiary/aromatic N) is 5. The van der Waals surface area contributed by atoms with Gasteiger partial charge in [0.15, 0.2) is 5.13 Å². The number of carbonyl (C=O) groups excluding carboxylic acids is 1. The molecular weight excluding hydrogens is 418 g/mol. The van der Waals surface area contributed by atoms with Gasteiger partial charge in [0, 0.05) is 36.6 Å². The maximum atomic E-state index is 13.4. The van der Waals surface area contributed by atoms with E-state index in [0.29, 0.717) is 36.1 Å². The number of ether oxygens (including phenoxy) is 1. The molecule has 0 saturated heterocycles. The van der Waals surface area contributed by atoms with Crippen LogP contribution in [-0.2, 0) is 6.54 Å². The van der Waals surface area contributed by atoms with E-state index in [1.807, 2.05) is 31.3 Å². The maximum absolute atomic E-state index is 13.4. The predicted molar refractivity (Wildman–Crippen MR) is 118 cm³/mol. The molecule has 0 atom stereocenters. The molecule has 0 bridgehead atoms. The average molecular weight is 437 g/mol. The fraction of sp³-hybridized carbons (Fsp3) is 0.190. The van der Waals surface area contributed by atoms with Gasteiger partial charge in [-0.05, 0) is 31.2 Å². The summed E-state index contributed by atoms with van der Waals surface area (Å²) in [7, 11) is 0. The fourth-order valence-electron chi connectivity index (χ4n) is 3.13. The Morgan fingerprint density at radius 2 is 2.10 bits per heavy atom. The lowest BCUT2D eigenvalue weighted by Crippen LogP contribution is -2.34. The summed E-state index contributed by atoms with van der Waals surface area (Å²) in [6.45, 7) is 3.14. The van der Waals surface area contributed by atoms with Crippen LogP contribution in [0.5, 0.6) is 5.75 Å². The second-order valence-electron chi connectivity index (χ2n) is 6.57. The largest absolute Gasteiger partial charge is 0.492 e. The molecule has 0 N–H and O–H groups in total. The molecule has 0 saturated carbocycles. The molecule has 0 unspecified atom stereocenters. The first-order valence-corrected chi connectivity index (χ1v) is 10.4. The highest BCUT2D eigenvalue weighted by Crippen LogP contribution is 2.35. The normalized spacial score (nSPS) is 10.9. The maximum Gasteiger partial charge on any atom is 0.270 e. The summed E-state index contributed by atoms with van der Waals surface area (Å²) in [6.07, 6.45) is 3.47. The summed E-state index contributed by atoms with van der Waals surface area (Å²) in [5, 5.41) is 15.8. The van der Waals surface area contributed by atoms with Gasteiger partial charge in [0.25, 0.3) is 11.6 Å². The number of nitro benzene ring substituents is 1. The lowest BCUT2D eigenvalue weighted by atomic mass is 10.2. The standard InChI is InChI=1S/C21H19N5O4S/c1-2-30-17-8-4-9-18-19(17)23-21(31-18)25(13-12-24-11-5-10-22-24)20(27)15-6-3-7-16(14-15)26(28)29/h3-11,14H,2,12-13H2,1H3. The Balaban J connectivity index is 1.73. The monoisotopic (exact) mass is 437 g/mol. The van der Waals surface area contributed by atoms with Gasteiger partial charge in [-0.15, -0.1) is 0 Å². The Labute approximate surface area is 181 Å². The SMILES string of the molecule is CCOc1cccc2sc(N(CCn3cccn3)C(=O)c3cccc([N+](=O)[O-])c3)nc12. The first kappa shape index (κ1) is 20.5. The zero-order chi connectivity index (χ0) is 21.8. The number of non-ortho nitro benzene ring substituents is 1. The molecule has 0 aliphatic carbocycles. The molecule has 31 heavy (non-hydrogen) atoms. The number of carbonyl (C=O) groups is 1. The lowest BCUT2D eigenvalue weighted by molar-refractivity contribution is -0.384. The number of aromatic nitrogens is 3. The van der Waals surface area contributed by atoms with Crippen LogP contribution in [0.15, 0.2) is 60.9 Å². The molecule has 0 radical (unpaired) electrons. The molecule has 4 aromatic rings. The van der Waals surface area contributed by atoms with E-state index in [2.05, 4.69) is 10.1 Å². The van der Waals surface area contributed by atoms with Crippen molar-refractivity contribution < 1.29 is 14.5 Å². The molecule has 0 aliphatic rings. The molecule has 2 aromatic heterocycles. The second-order valence-corrected chi connectivity index (χ2v) is 7.57. The number of anilines is 1. The van der Waals surface area contributed by atoms with Crippen molar-refractivity contribution in [3.05, 3.63) is 76.6 Å². The molecule has 9 nitrogen and oxygen atoms in total. The van der Waals surface area contributed by atoms with E-state index in [0.717, 1.165) is 4.70 Å². The Morgan fingerprint density at radius 1 is 1.26 bits per heavy atom. The number of para-hydroxylation sites is 1. The Bertz CT molecular complexity index is 1220. The molecule has 4 rings (SSSR count). The van der Waals surface area contributed by atoms with Gasteiger partial charge in [-0.1, -0.05) is 23.5 Å². The summed E-state index contributed by atoms with van der Waals surface area (Å²) in [6, 6.07) is 13.1. The van der Waals surface area contributed by atoms with Crippen molar-refractivity contribution in [2.45, 2.75) is 13.5 Å². The highest BCUT2D eigenvalue weighted by atomic mass is 32.1. The van der Waals surface area contributed by atoms with Gasteiger partial charge < -0.3 is 4.74 Å². The average Bonchev–Trinajstić information content (AvgIpc) is 3.44. The van der Waals surface area contributed by atoms with Crippen molar-refractivity contribution in [1.29, 1.82) is 0 Å². The zero-order valence-electron chi connectivity index (χ0n) is 16.7. The number of fused-ring (bicyclic) bond motifs is 1. The Hall–Kier alpha value is -3.79. The summed E-state index contributed by atoms with van der Waals surface area (Å²) < 4.78 is 8.27. The van der Waals surface area contributed by atoms with Gasteiger partial charge in [0.2, 0.25) is 0 Å². The molecule has 2 heterocycles. The highest BCUT2D eigenvalue weighted by molar-refractivity contribution is 7.22. The third kappa shape index (κ3) is 4.38. The summed E-state index contributed by atoms with van der Waals surface area (Å²) in [5.41, 5.74) is 0.764. The van der Waals surface area contributed by atoms with E-state index in [1.54, 1.807) is 23.0 Å². The third-order valence-corrected chi connectivity index (χ3v) is 5.61. The van der Waals surface area contributed by atoms with Crippen LogP contribution in [0, 0.1) is 10.1 Å². The minimum Gasteiger partial charge on any atom is -0.492 e. The summed E-state index contributed by atoms with van der Waals surface area (Å²) in [5.74, 6) is 0.283. The minimum atomic E-state index is -0.517. The van der Waals surface area contributed by atoms with E-state index in [4.69, 9.17) is 4.74 Å². The van der Waals surface area contributed by atoms with E-state index in [-0.39, 0.29) is 17.2 Å². The van der Waals surface area contributed by atoms with Crippen LogP contribution in [0.25, 0.3) is 10.2 Å². The molecule has 1 amide bonds. The smallest absolute Gasteiger partial charge is 0.270 e. The molecule has 2 aromatic carbocycles. The molecule has 0 aliphatic heterocycles. The van der Waals surface area contributed by atoms with Crippen molar-refractivity contribution >= 4 is 38.3 Å². The van der Waals surface area contributed by atoms with E-state index in [9.17, 15) is 14.9 Å². The first-order chi connectivity index (χ1) is 15.1. The van der Waals surface area contributed by atoms with E-state index < -0.39 is 4.92 Å². The number of amides is 1. The van der Waals surface area contributed by atoms with Crippen molar-refractivity contribution in [1.82, 2.24) is 14.8 Å². The zero-order valence-corrected chi connectivity index (χ0v) is 17.5. The molecule has 158 valence electrons. The number of hydrogen-bond donors (Lipinski definition) is 0. The third-order valence-electron chi connectivity index (χ3n) is 4.56. The number of benzene rings is 2. The lowest BCUT2D eigenvalue weighted by Gasteiger charge is -2.20. The number of thiazole rings is 1. The molecule has 0 fully saturated rings.